The molecule has 2 rings (SSSR count). The Bertz CT molecular complexity index is 623. The molecule has 8 heteroatoms. The molecule has 0 spiro atoms. The highest BCUT2D eigenvalue weighted by molar-refractivity contribution is 5.80. The number of carboxylic acids is 1. The van der Waals surface area contributed by atoms with Gasteiger partial charge in [0.25, 0.3) is 0 Å². The molecule has 1 fully saturated rings. The molecule has 0 heterocycles. The minimum atomic E-state index is -3.01. The Kier molecular flexibility index (Phi) is 6.55. The van der Waals surface area contributed by atoms with Crippen LogP contribution in [0.4, 0.5) is 8.78 Å². The summed E-state index contributed by atoms with van der Waals surface area (Å²) in [4.78, 5) is 23.2. The molecule has 25 heavy (non-hydrogen) atoms. The lowest BCUT2D eigenvalue weighted by atomic mass is 10.0. The molecule has 0 bridgehead atoms. The standard InChI is InChI=1S/C17H21F2NO5/c1-2-24-13-5-3-4-12(14(13)25-17(18)19)9-20-15(21)10-6-7-11(8-10)16(22)23/h3-5,10-11,17H,2,6-9H2,1H3,(H,20,21)(H,22,23)/t10-,11+/m1/s1. The third kappa shape index (κ3) is 5.04. The largest absolute Gasteiger partial charge is 0.490 e. The number of alkyl halides is 2. The monoisotopic (exact) mass is 357 g/mol. The highest BCUT2D eigenvalue weighted by Crippen LogP contribution is 2.34. The van der Waals surface area contributed by atoms with E-state index in [-0.39, 0.29) is 36.5 Å². The number of aliphatic carboxylic acids is 1. The third-order valence-corrected chi connectivity index (χ3v) is 4.17. The number of para-hydroxylation sites is 1. The van der Waals surface area contributed by atoms with Crippen LogP contribution in [0.15, 0.2) is 18.2 Å². The van der Waals surface area contributed by atoms with Crippen molar-refractivity contribution in [3.8, 4) is 11.5 Å². The maximum atomic E-state index is 12.7. The van der Waals surface area contributed by atoms with Crippen LogP contribution in [0, 0.1) is 11.8 Å². The van der Waals surface area contributed by atoms with Gasteiger partial charge >= 0.3 is 12.6 Å². The summed E-state index contributed by atoms with van der Waals surface area (Å²) in [6.45, 7) is -1.01. The number of nitrogens with one attached hydrogen (secondary N) is 1. The van der Waals surface area contributed by atoms with Gasteiger partial charge in [-0.1, -0.05) is 12.1 Å². The summed E-state index contributed by atoms with van der Waals surface area (Å²) < 4.78 is 35.2. The molecular weight excluding hydrogens is 336 g/mol. The lowest BCUT2D eigenvalue weighted by Gasteiger charge is -2.16. The molecule has 0 unspecified atom stereocenters. The van der Waals surface area contributed by atoms with Gasteiger partial charge in [0.15, 0.2) is 11.5 Å². The molecular formula is C17H21F2NO5. The van der Waals surface area contributed by atoms with Crippen LogP contribution < -0.4 is 14.8 Å². The van der Waals surface area contributed by atoms with Gasteiger partial charge in [0, 0.05) is 18.0 Å². The third-order valence-electron chi connectivity index (χ3n) is 4.17. The van der Waals surface area contributed by atoms with E-state index in [0.717, 1.165) is 0 Å². The number of carbonyl (C=O) groups excluding carboxylic acids is 1. The number of halogens is 2. The lowest BCUT2D eigenvalue weighted by molar-refractivity contribution is -0.141. The molecule has 1 amide bonds. The molecule has 1 aromatic rings. The van der Waals surface area contributed by atoms with Crippen LogP contribution in [0.1, 0.15) is 31.7 Å². The molecule has 2 atom stereocenters. The smallest absolute Gasteiger partial charge is 0.387 e. The first kappa shape index (κ1) is 19.0. The summed E-state index contributed by atoms with van der Waals surface area (Å²) in [5.41, 5.74) is 0.368. The maximum Gasteiger partial charge on any atom is 0.387 e. The van der Waals surface area contributed by atoms with Crippen molar-refractivity contribution in [1.82, 2.24) is 5.32 Å². The highest BCUT2D eigenvalue weighted by Gasteiger charge is 2.33. The van der Waals surface area contributed by atoms with E-state index in [0.29, 0.717) is 24.8 Å². The maximum absolute atomic E-state index is 12.7. The summed E-state index contributed by atoms with van der Waals surface area (Å²) in [6, 6.07) is 4.71. The zero-order valence-electron chi connectivity index (χ0n) is 13.8. The zero-order valence-corrected chi connectivity index (χ0v) is 13.8. The van der Waals surface area contributed by atoms with Crippen molar-refractivity contribution in [2.24, 2.45) is 11.8 Å². The molecule has 1 aromatic carbocycles. The summed E-state index contributed by atoms with van der Waals surface area (Å²) in [6.07, 6.45) is 1.26. The molecule has 1 aliphatic carbocycles. The van der Waals surface area contributed by atoms with Crippen molar-refractivity contribution in [2.75, 3.05) is 6.61 Å². The number of hydrogen-bond acceptors (Lipinski definition) is 4. The van der Waals surface area contributed by atoms with Gasteiger partial charge in [-0.25, -0.2) is 0 Å². The molecule has 138 valence electrons. The first-order valence-corrected chi connectivity index (χ1v) is 8.12. The van der Waals surface area contributed by atoms with E-state index in [2.05, 4.69) is 10.1 Å². The Hall–Kier alpha value is -2.38. The Balaban J connectivity index is 2.03. The number of carbonyl (C=O) groups is 2. The summed E-state index contributed by atoms with van der Waals surface area (Å²) in [5, 5.41) is 11.7. The van der Waals surface area contributed by atoms with Crippen LogP contribution in [0.25, 0.3) is 0 Å². The van der Waals surface area contributed by atoms with Gasteiger partial charge in [0.1, 0.15) is 0 Å². The van der Waals surface area contributed by atoms with E-state index >= 15 is 0 Å². The Morgan fingerprint density at radius 1 is 1.32 bits per heavy atom. The fourth-order valence-electron chi connectivity index (χ4n) is 2.96. The number of amides is 1. The van der Waals surface area contributed by atoms with Gasteiger partial charge in [-0.05, 0) is 32.3 Å². The van der Waals surface area contributed by atoms with Crippen LogP contribution in [0.5, 0.6) is 11.5 Å². The Morgan fingerprint density at radius 2 is 2.04 bits per heavy atom. The van der Waals surface area contributed by atoms with E-state index in [9.17, 15) is 18.4 Å². The Labute approximate surface area is 144 Å². The van der Waals surface area contributed by atoms with Gasteiger partial charge in [0.2, 0.25) is 5.91 Å². The molecule has 0 aliphatic heterocycles. The number of carboxylic acid groups (broad SMARTS) is 1. The predicted octanol–water partition coefficient (Wildman–Crippen LogP) is 2.80. The second kappa shape index (κ2) is 8.64. The van der Waals surface area contributed by atoms with Crippen molar-refractivity contribution in [3.05, 3.63) is 23.8 Å². The minimum Gasteiger partial charge on any atom is -0.490 e. The van der Waals surface area contributed by atoms with Crippen molar-refractivity contribution in [2.45, 2.75) is 39.3 Å². The summed E-state index contributed by atoms with van der Waals surface area (Å²) in [5.74, 6) is -1.98. The quantitative estimate of drug-likeness (QED) is 0.747. The van der Waals surface area contributed by atoms with Crippen LogP contribution in [0.2, 0.25) is 0 Å². The fraction of sp³-hybridized carbons (Fsp3) is 0.529. The van der Waals surface area contributed by atoms with Crippen molar-refractivity contribution >= 4 is 11.9 Å². The van der Waals surface area contributed by atoms with Crippen LogP contribution >= 0.6 is 0 Å². The van der Waals surface area contributed by atoms with Gasteiger partial charge in [-0.2, -0.15) is 8.78 Å². The SMILES string of the molecule is CCOc1cccc(CNC(=O)[C@@H]2CC[C@H](C(=O)O)C2)c1OC(F)F. The van der Waals surface area contributed by atoms with Crippen LogP contribution in [-0.2, 0) is 16.1 Å². The van der Waals surface area contributed by atoms with Gasteiger partial charge in [-0.3, -0.25) is 9.59 Å². The first-order valence-electron chi connectivity index (χ1n) is 8.12. The molecule has 2 N–H and O–H groups in total. The summed E-state index contributed by atoms with van der Waals surface area (Å²) >= 11 is 0. The van der Waals surface area contributed by atoms with E-state index in [1.807, 2.05) is 0 Å². The highest BCUT2D eigenvalue weighted by atomic mass is 19.3. The normalized spacial score (nSPS) is 19.7. The molecule has 0 saturated heterocycles. The van der Waals surface area contributed by atoms with Gasteiger partial charge in [0.05, 0.1) is 12.5 Å². The lowest BCUT2D eigenvalue weighted by Crippen LogP contribution is -2.29. The number of benzene rings is 1. The van der Waals surface area contributed by atoms with Gasteiger partial charge < -0.3 is 19.9 Å². The van der Waals surface area contributed by atoms with Crippen LogP contribution in [0.3, 0.4) is 0 Å². The van der Waals surface area contributed by atoms with Gasteiger partial charge in [-0.15, -0.1) is 0 Å². The number of rotatable bonds is 8. The zero-order chi connectivity index (χ0) is 18.4. The fourth-order valence-corrected chi connectivity index (χ4v) is 2.96. The second-order valence-electron chi connectivity index (χ2n) is 5.82. The minimum absolute atomic E-state index is 0.00393. The van der Waals surface area contributed by atoms with Crippen LogP contribution in [-0.4, -0.2) is 30.2 Å². The topological polar surface area (TPSA) is 84.9 Å². The second-order valence-corrected chi connectivity index (χ2v) is 5.82. The van der Waals surface area contributed by atoms with E-state index < -0.39 is 18.5 Å². The van der Waals surface area contributed by atoms with E-state index in [1.54, 1.807) is 19.1 Å². The summed E-state index contributed by atoms with van der Waals surface area (Å²) in [7, 11) is 0. The van der Waals surface area contributed by atoms with Crippen molar-refractivity contribution < 1.29 is 33.0 Å². The molecule has 0 radical (unpaired) electrons. The van der Waals surface area contributed by atoms with E-state index in [1.165, 1.54) is 6.07 Å². The number of ether oxygens (including phenoxy) is 2. The molecule has 0 aromatic heterocycles. The van der Waals surface area contributed by atoms with Crippen molar-refractivity contribution in [1.29, 1.82) is 0 Å². The molecule has 1 aliphatic rings. The predicted molar refractivity (Wildman–Crippen MR) is 84.6 cm³/mol. The average molecular weight is 357 g/mol. The first-order chi connectivity index (χ1) is 11.9. The Morgan fingerprint density at radius 3 is 2.64 bits per heavy atom. The average Bonchev–Trinajstić information content (AvgIpc) is 3.05. The molecule has 6 nitrogen and oxygen atoms in total. The van der Waals surface area contributed by atoms with E-state index in [4.69, 9.17) is 9.84 Å². The molecule has 1 saturated carbocycles. The van der Waals surface area contributed by atoms with Crippen molar-refractivity contribution in [3.63, 3.8) is 0 Å². The number of hydrogen-bond donors (Lipinski definition) is 2.